The predicted octanol–water partition coefficient (Wildman–Crippen LogP) is 1.04. The minimum atomic E-state index is -0.107. The van der Waals surface area contributed by atoms with Crippen molar-refractivity contribution >= 4 is 5.91 Å². The number of aromatic amines is 1. The van der Waals surface area contributed by atoms with E-state index in [1.165, 1.54) is 0 Å². The van der Waals surface area contributed by atoms with E-state index in [0.29, 0.717) is 12.2 Å². The van der Waals surface area contributed by atoms with Crippen LogP contribution >= 0.6 is 0 Å². The number of nitrogens with one attached hydrogen (secondary N) is 2. The van der Waals surface area contributed by atoms with E-state index in [1.807, 2.05) is 6.07 Å². The van der Waals surface area contributed by atoms with Gasteiger partial charge in [-0.25, -0.2) is 0 Å². The van der Waals surface area contributed by atoms with Gasteiger partial charge in [-0.1, -0.05) is 0 Å². The zero-order chi connectivity index (χ0) is 14.7. The van der Waals surface area contributed by atoms with Gasteiger partial charge in [0.15, 0.2) is 0 Å². The van der Waals surface area contributed by atoms with Crippen LogP contribution in [0.4, 0.5) is 0 Å². The summed E-state index contributed by atoms with van der Waals surface area (Å²) in [6, 6.07) is 3.63. The number of carbonyl (C=O) groups is 1. The Kier molecular flexibility index (Phi) is 4.01. The topological polar surface area (TPSA) is 84.8 Å². The van der Waals surface area contributed by atoms with Crippen LogP contribution in [-0.2, 0) is 11.8 Å². The van der Waals surface area contributed by atoms with Crippen molar-refractivity contribution in [1.82, 2.24) is 25.3 Å². The van der Waals surface area contributed by atoms with Crippen molar-refractivity contribution in [1.29, 1.82) is 0 Å². The molecule has 0 radical (unpaired) electrons. The van der Waals surface area contributed by atoms with Crippen molar-refractivity contribution in [2.24, 2.45) is 13.0 Å². The lowest BCUT2D eigenvalue weighted by atomic mass is 9.92. The van der Waals surface area contributed by atoms with E-state index in [4.69, 9.17) is 4.74 Å². The molecule has 2 aromatic rings. The summed E-state index contributed by atoms with van der Waals surface area (Å²) in [6.07, 6.45) is 5.34. The summed E-state index contributed by atoms with van der Waals surface area (Å²) >= 11 is 0. The van der Waals surface area contributed by atoms with Crippen LogP contribution in [-0.4, -0.2) is 39.0 Å². The number of hydrogen-bond donors (Lipinski definition) is 2. The molecular formula is C14H19N5O2. The number of amides is 1. The maximum absolute atomic E-state index is 12.1. The lowest BCUT2D eigenvalue weighted by Gasteiger charge is -2.31. The number of aromatic nitrogens is 4. The quantitative estimate of drug-likeness (QED) is 0.880. The van der Waals surface area contributed by atoms with Crippen molar-refractivity contribution in [2.75, 3.05) is 13.2 Å². The molecule has 0 saturated carbocycles. The van der Waals surface area contributed by atoms with Crippen molar-refractivity contribution < 1.29 is 9.53 Å². The third kappa shape index (κ3) is 2.97. The molecule has 21 heavy (non-hydrogen) atoms. The van der Waals surface area contributed by atoms with Crippen LogP contribution in [0.3, 0.4) is 0 Å². The highest BCUT2D eigenvalue weighted by Crippen LogP contribution is 2.31. The lowest BCUT2D eigenvalue weighted by Crippen LogP contribution is -2.35. The largest absolute Gasteiger partial charge is 0.372 e. The Morgan fingerprint density at radius 2 is 2.43 bits per heavy atom. The third-order valence-electron chi connectivity index (χ3n) is 3.85. The normalized spacial score (nSPS) is 22.1. The number of aryl methyl sites for hydroxylation is 1. The van der Waals surface area contributed by atoms with Gasteiger partial charge in [-0.3, -0.25) is 14.6 Å². The molecule has 0 spiro atoms. The molecule has 7 heteroatoms. The highest BCUT2D eigenvalue weighted by atomic mass is 16.5. The summed E-state index contributed by atoms with van der Waals surface area (Å²) in [7, 11) is 1.76. The molecule has 7 nitrogen and oxygen atoms in total. The van der Waals surface area contributed by atoms with Crippen LogP contribution in [0.15, 0.2) is 24.5 Å². The van der Waals surface area contributed by atoms with E-state index in [-0.39, 0.29) is 17.9 Å². The first-order valence-electron chi connectivity index (χ1n) is 7.13. The standard InChI is InChI=1S/C14H19N5O2/c1-19-12(5-7-17-19)14(20)15-9-10-3-2-8-21-13(10)11-4-6-16-18-11/h4-7,10,13H,2-3,8-9H2,1H3,(H,15,20)(H,16,18)/t10-,13+/m0/s1. The number of carbonyl (C=O) groups excluding carboxylic acids is 1. The van der Waals surface area contributed by atoms with Crippen molar-refractivity contribution in [2.45, 2.75) is 18.9 Å². The molecule has 2 aromatic heterocycles. The van der Waals surface area contributed by atoms with Crippen LogP contribution in [0.25, 0.3) is 0 Å². The molecule has 0 aliphatic carbocycles. The minimum absolute atomic E-state index is 0.0342. The van der Waals surface area contributed by atoms with Gasteiger partial charge in [0.05, 0.1) is 5.69 Å². The van der Waals surface area contributed by atoms with Crippen LogP contribution in [0.2, 0.25) is 0 Å². The SMILES string of the molecule is Cn1nccc1C(=O)NC[C@@H]1CCCO[C@H]1c1ccn[nH]1. The van der Waals surface area contributed by atoms with Gasteiger partial charge >= 0.3 is 0 Å². The zero-order valence-corrected chi connectivity index (χ0v) is 12.0. The number of nitrogens with zero attached hydrogens (tertiary/aromatic N) is 3. The second kappa shape index (κ2) is 6.09. The Morgan fingerprint density at radius 1 is 1.52 bits per heavy atom. The molecular weight excluding hydrogens is 270 g/mol. The van der Waals surface area contributed by atoms with Gasteiger partial charge in [-0.05, 0) is 25.0 Å². The second-order valence-corrected chi connectivity index (χ2v) is 5.26. The summed E-state index contributed by atoms with van der Waals surface area (Å²) in [5, 5.41) is 13.9. The van der Waals surface area contributed by atoms with Gasteiger partial charge in [-0.15, -0.1) is 0 Å². The summed E-state index contributed by atoms with van der Waals surface area (Å²) in [4.78, 5) is 12.1. The Morgan fingerprint density at radius 3 is 3.14 bits per heavy atom. The number of rotatable bonds is 4. The van der Waals surface area contributed by atoms with E-state index in [1.54, 1.807) is 30.2 Å². The van der Waals surface area contributed by atoms with Crippen molar-refractivity contribution in [3.8, 4) is 0 Å². The Bertz CT molecular complexity index is 592. The smallest absolute Gasteiger partial charge is 0.269 e. The predicted molar refractivity (Wildman–Crippen MR) is 75.5 cm³/mol. The Labute approximate surface area is 122 Å². The van der Waals surface area contributed by atoms with Gasteiger partial charge in [0.25, 0.3) is 5.91 Å². The Hall–Kier alpha value is -2.15. The molecule has 0 aromatic carbocycles. The van der Waals surface area contributed by atoms with Gasteiger partial charge in [0, 0.05) is 38.5 Å². The van der Waals surface area contributed by atoms with E-state index in [2.05, 4.69) is 20.6 Å². The molecule has 1 aliphatic rings. The van der Waals surface area contributed by atoms with Crippen LogP contribution in [0.1, 0.15) is 35.1 Å². The maximum Gasteiger partial charge on any atom is 0.269 e. The molecule has 2 atom stereocenters. The molecule has 2 N–H and O–H groups in total. The van der Waals surface area contributed by atoms with Gasteiger partial charge < -0.3 is 10.1 Å². The lowest BCUT2D eigenvalue weighted by molar-refractivity contribution is -0.0297. The molecule has 1 amide bonds. The second-order valence-electron chi connectivity index (χ2n) is 5.26. The average Bonchev–Trinajstić information content (AvgIpc) is 3.16. The van der Waals surface area contributed by atoms with E-state index >= 15 is 0 Å². The first-order valence-corrected chi connectivity index (χ1v) is 7.13. The number of hydrogen-bond acceptors (Lipinski definition) is 4. The number of H-pyrrole nitrogens is 1. The summed E-state index contributed by atoms with van der Waals surface area (Å²) in [6.45, 7) is 1.32. The Balaban J connectivity index is 1.63. The summed E-state index contributed by atoms with van der Waals surface area (Å²) in [5.41, 5.74) is 1.53. The molecule has 1 aliphatic heterocycles. The van der Waals surface area contributed by atoms with Gasteiger partial charge in [0.1, 0.15) is 11.8 Å². The van der Waals surface area contributed by atoms with Crippen LogP contribution in [0.5, 0.6) is 0 Å². The van der Waals surface area contributed by atoms with Gasteiger partial charge in [-0.2, -0.15) is 10.2 Å². The monoisotopic (exact) mass is 289 g/mol. The van der Waals surface area contributed by atoms with E-state index in [0.717, 1.165) is 25.1 Å². The molecule has 0 unspecified atom stereocenters. The molecule has 112 valence electrons. The van der Waals surface area contributed by atoms with Crippen molar-refractivity contribution in [3.63, 3.8) is 0 Å². The molecule has 3 rings (SSSR count). The van der Waals surface area contributed by atoms with E-state index in [9.17, 15) is 4.79 Å². The fourth-order valence-electron chi connectivity index (χ4n) is 2.73. The zero-order valence-electron chi connectivity index (χ0n) is 12.0. The fraction of sp³-hybridized carbons (Fsp3) is 0.500. The highest BCUT2D eigenvalue weighted by molar-refractivity contribution is 5.92. The summed E-state index contributed by atoms with van der Waals surface area (Å²) < 4.78 is 7.41. The third-order valence-corrected chi connectivity index (χ3v) is 3.85. The first kappa shape index (κ1) is 13.8. The summed E-state index contributed by atoms with van der Waals surface area (Å²) in [5.74, 6) is 0.139. The van der Waals surface area contributed by atoms with Crippen LogP contribution in [0, 0.1) is 5.92 Å². The minimum Gasteiger partial charge on any atom is -0.372 e. The average molecular weight is 289 g/mol. The van der Waals surface area contributed by atoms with Crippen molar-refractivity contribution in [3.05, 3.63) is 35.9 Å². The maximum atomic E-state index is 12.1. The van der Waals surface area contributed by atoms with E-state index < -0.39 is 0 Å². The number of ether oxygens (including phenoxy) is 1. The van der Waals surface area contributed by atoms with Gasteiger partial charge in [0.2, 0.25) is 0 Å². The molecule has 1 fully saturated rings. The van der Waals surface area contributed by atoms with Crippen LogP contribution < -0.4 is 5.32 Å². The molecule has 1 saturated heterocycles. The fourth-order valence-corrected chi connectivity index (χ4v) is 2.73. The molecule has 0 bridgehead atoms. The first-order chi connectivity index (χ1) is 10.3. The molecule has 3 heterocycles. The highest BCUT2D eigenvalue weighted by Gasteiger charge is 2.29.